The summed E-state index contributed by atoms with van der Waals surface area (Å²) in [6.07, 6.45) is 5.66. The molecule has 1 nitrogen and oxygen atoms in total. The first-order chi connectivity index (χ1) is 12.8. The van der Waals surface area contributed by atoms with Gasteiger partial charge in [-0.3, -0.25) is 0 Å². The number of anilines is 1. The van der Waals surface area contributed by atoms with Crippen LogP contribution in [0.5, 0.6) is 0 Å². The van der Waals surface area contributed by atoms with Crippen molar-refractivity contribution in [2.45, 2.75) is 6.54 Å². The molecule has 0 saturated heterocycles. The fraction of sp³-hybridized carbons (Fsp3) is 0.0833. The largest absolute Gasteiger partial charge is 0.356 e. The van der Waals surface area contributed by atoms with Gasteiger partial charge in [-0.15, -0.1) is 6.42 Å². The molecular weight excluding hydrogens is 429 g/mol. The molecule has 0 aromatic heterocycles. The van der Waals surface area contributed by atoms with E-state index in [9.17, 15) is 0 Å². The van der Waals surface area contributed by atoms with Gasteiger partial charge in [0.25, 0.3) is 0 Å². The van der Waals surface area contributed by atoms with E-state index in [2.05, 4.69) is 75.6 Å². The van der Waals surface area contributed by atoms with E-state index in [1.165, 1.54) is 3.57 Å². The second-order valence-corrected chi connectivity index (χ2v) is 7.05. The quantitative estimate of drug-likeness (QED) is 0.386. The number of halogens is 1. The van der Waals surface area contributed by atoms with Crippen LogP contribution < -0.4 is 4.90 Å². The summed E-state index contributed by atoms with van der Waals surface area (Å²) in [5, 5.41) is 0. The predicted molar refractivity (Wildman–Crippen MR) is 118 cm³/mol. The van der Waals surface area contributed by atoms with Crippen molar-refractivity contribution in [1.29, 1.82) is 0 Å². The van der Waals surface area contributed by atoms with Crippen LogP contribution in [0.2, 0.25) is 0 Å². The molecule has 26 heavy (non-hydrogen) atoms. The van der Waals surface area contributed by atoms with Crippen molar-refractivity contribution < 1.29 is 0 Å². The topological polar surface area (TPSA) is 3.24 Å². The lowest BCUT2D eigenvalue weighted by atomic mass is 10.1. The molecule has 0 aliphatic heterocycles. The number of benzene rings is 3. The summed E-state index contributed by atoms with van der Waals surface area (Å²) >= 11 is 2.32. The zero-order valence-electron chi connectivity index (χ0n) is 14.3. The van der Waals surface area contributed by atoms with Crippen molar-refractivity contribution >= 4 is 28.3 Å². The van der Waals surface area contributed by atoms with Crippen LogP contribution >= 0.6 is 22.6 Å². The van der Waals surface area contributed by atoms with Crippen LogP contribution in [0.1, 0.15) is 16.7 Å². The number of terminal acetylenes is 1. The lowest BCUT2D eigenvalue weighted by Crippen LogP contribution is -2.23. The Kier molecular flexibility index (Phi) is 6.36. The summed E-state index contributed by atoms with van der Waals surface area (Å²) in [7, 11) is 0. The normalized spacial score (nSPS) is 9.69. The second kappa shape index (κ2) is 9.13. The van der Waals surface area contributed by atoms with Crippen LogP contribution in [-0.4, -0.2) is 6.54 Å². The van der Waals surface area contributed by atoms with Crippen LogP contribution in [0, 0.1) is 27.8 Å². The standard InChI is InChI=1S/C24H18IN/c1-2-21-12-6-7-13-22(21)19-26(24-16-14-23(25)15-17-24)18-8-11-20-9-4-3-5-10-20/h1,3-7,9-10,12-17H,18-19H2. The average Bonchev–Trinajstić information content (AvgIpc) is 2.69. The molecule has 0 bridgehead atoms. The van der Waals surface area contributed by atoms with E-state index >= 15 is 0 Å². The number of nitrogens with zero attached hydrogens (tertiary/aromatic N) is 1. The Balaban J connectivity index is 1.86. The van der Waals surface area contributed by atoms with Gasteiger partial charge in [-0.1, -0.05) is 54.2 Å². The number of rotatable bonds is 4. The first-order valence-electron chi connectivity index (χ1n) is 8.35. The van der Waals surface area contributed by atoms with Crippen LogP contribution in [0.25, 0.3) is 0 Å². The third kappa shape index (κ3) is 4.91. The predicted octanol–water partition coefficient (Wildman–Crippen LogP) is 5.33. The van der Waals surface area contributed by atoms with Crippen molar-refractivity contribution in [1.82, 2.24) is 0 Å². The SMILES string of the molecule is C#Cc1ccccc1CN(CC#Cc1ccccc1)c1ccc(I)cc1. The minimum Gasteiger partial charge on any atom is -0.356 e. The Labute approximate surface area is 169 Å². The fourth-order valence-electron chi connectivity index (χ4n) is 2.65. The summed E-state index contributed by atoms with van der Waals surface area (Å²) in [4.78, 5) is 2.25. The third-order valence-electron chi connectivity index (χ3n) is 4.00. The zero-order valence-corrected chi connectivity index (χ0v) is 16.5. The number of hydrogen-bond acceptors (Lipinski definition) is 1. The van der Waals surface area contributed by atoms with Gasteiger partial charge < -0.3 is 4.90 Å². The van der Waals surface area contributed by atoms with E-state index in [0.29, 0.717) is 6.54 Å². The second-order valence-electron chi connectivity index (χ2n) is 5.80. The van der Waals surface area contributed by atoms with Gasteiger partial charge >= 0.3 is 0 Å². The Morgan fingerprint density at radius 3 is 2.27 bits per heavy atom. The highest BCUT2D eigenvalue weighted by Crippen LogP contribution is 2.20. The molecule has 0 N–H and O–H groups in total. The van der Waals surface area contributed by atoms with E-state index in [0.717, 1.165) is 28.9 Å². The maximum absolute atomic E-state index is 5.66. The van der Waals surface area contributed by atoms with Gasteiger partial charge in [-0.05, 0) is 70.6 Å². The highest BCUT2D eigenvalue weighted by atomic mass is 127. The first kappa shape index (κ1) is 18.1. The summed E-state index contributed by atoms with van der Waals surface area (Å²) in [6.45, 7) is 1.36. The molecular formula is C24H18IN. The van der Waals surface area contributed by atoms with Gasteiger partial charge in [0.05, 0.1) is 6.54 Å². The molecule has 0 unspecified atom stereocenters. The van der Waals surface area contributed by atoms with Crippen LogP contribution in [0.3, 0.4) is 0 Å². The van der Waals surface area contributed by atoms with Crippen molar-refractivity contribution in [2.75, 3.05) is 11.4 Å². The summed E-state index contributed by atoms with van der Waals surface area (Å²) < 4.78 is 1.21. The Morgan fingerprint density at radius 1 is 0.846 bits per heavy atom. The van der Waals surface area contributed by atoms with E-state index in [-0.39, 0.29) is 0 Å². The molecule has 3 rings (SSSR count). The highest BCUT2D eigenvalue weighted by Gasteiger charge is 2.08. The van der Waals surface area contributed by atoms with Gasteiger partial charge in [0, 0.05) is 26.9 Å². The molecule has 0 atom stereocenters. The van der Waals surface area contributed by atoms with E-state index in [1.54, 1.807) is 0 Å². The minimum absolute atomic E-state index is 0.633. The summed E-state index contributed by atoms with van der Waals surface area (Å²) in [5.74, 6) is 9.31. The monoisotopic (exact) mass is 447 g/mol. The molecule has 0 amide bonds. The molecule has 0 radical (unpaired) electrons. The zero-order chi connectivity index (χ0) is 18.2. The van der Waals surface area contributed by atoms with Gasteiger partial charge in [-0.25, -0.2) is 0 Å². The van der Waals surface area contributed by atoms with Gasteiger partial charge in [0.2, 0.25) is 0 Å². The minimum atomic E-state index is 0.633. The lowest BCUT2D eigenvalue weighted by Gasteiger charge is -2.23. The Morgan fingerprint density at radius 2 is 1.54 bits per heavy atom. The van der Waals surface area contributed by atoms with Crippen molar-refractivity contribution in [3.05, 3.63) is 99.1 Å². The van der Waals surface area contributed by atoms with Crippen molar-refractivity contribution in [2.24, 2.45) is 0 Å². The van der Waals surface area contributed by atoms with E-state index in [1.807, 2.05) is 48.5 Å². The Hall–Kier alpha value is -2.69. The lowest BCUT2D eigenvalue weighted by molar-refractivity contribution is 0.875. The molecule has 0 aliphatic rings. The Bertz CT molecular complexity index is 957. The summed E-state index contributed by atoms with van der Waals surface area (Å²) in [5.41, 5.74) is 4.23. The molecule has 126 valence electrons. The van der Waals surface area contributed by atoms with E-state index in [4.69, 9.17) is 6.42 Å². The molecule has 0 fully saturated rings. The van der Waals surface area contributed by atoms with Gasteiger partial charge in [0.1, 0.15) is 0 Å². The van der Waals surface area contributed by atoms with Crippen LogP contribution in [-0.2, 0) is 6.54 Å². The van der Waals surface area contributed by atoms with Crippen LogP contribution in [0.15, 0.2) is 78.9 Å². The van der Waals surface area contributed by atoms with Crippen molar-refractivity contribution in [3.8, 4) is 24.2 Å². The average molecular weight is 447 g/mol. The van der Waals surface area contributed by atoms with Gasteiger partial charge in [-0.2, -0.15) is 0 Å². The highest BCUT2D eigenvalue weighted by molar-refractivity contribution is 14.1. The molecule has 0 heterocycles. The molecule has 2 heteroatoms. The molecule has 3 aromatic rings. The summed E-state index contributed by atoms with van der Waals surface area (Å²) in [6, 6.07) is 26.6. The maximum Gasteiger partial charge on any atom is 0.0801 e. The molecule has 3 aromatic carbocycles. The molecule has 0 aliphatic carbocycles. The van der Waals surface area contributed by atoms with Crippen molar-refractivity contribution in [3.63, 3.8) is 0 Å². The molecule has 0 spiro atoms. The molecule has 0 saturated carbocycles. The maximum atomic E-state index is 5.66. The fourth-order valence-corrected chi connectivity index (χ4v) is 3.01. The van der Waals surface area contributed by atoms with Crippen LogP contribution in [0.4, 0.5) is 5.69 Å². The van der Waals surface area contributed by atoms with Gasteiger partial charge in [0.15, 0.2) is 0 Å². The first-order valence-corrected chi connectivity index (χ1v) is 9.43. The van der Waals surface area contributed by atoms with E-state index < -0.39 is 0 Å². The third-order valence-corrected chi connectivity index (χ3v) is 4.72. The number of hydrogen-bond donors (Lipinski definition) is 0. The smallest absolute Gasteiger partial charge is 0.0801 e.